The summed E-state index contributed by atoms with van der Waals surface area (Å²) in [6, 6.07) is 0.535. The molecule has 0 spiro atoms. The van der Waals surface area contributed by atoms with E-state index in [0.717, 1.165) is 29.7 Å². The Morgan fingerprint density at radius 1 is 1.28 bits per heavy atom. The minimum absolute atomic E-state index is 0.307. The van der Waals surface area contributed by atoms with E-state index in [1.807, 2.05) is 6.92 Å². The second-order valence-corrected chi connectivity index (χ2v) is 5.91. The van der Waals surface area contributed by atoms with Crippen molar-refractivity contribution in [3.8, 4) is 0 Å². The molecule has 4 heteroatoms. The molecular weight excluding hydrogens is 224 g/mol. The molecule has 0 radical (unpaired) electrons. The van der Waals surface area contributed by atoms with Gasteiger partial charge < -0.3 is 10.6 Å². The van der Waals surface area contributed by atoms with E-state index in [4.69, 9.17) is 10.7 Å². The maximum atomic E-state index is 6.03. The molecule has 1 aliphatic rings. The molecule has 1 saturated heterocycles. The fraction of sp³-hybridized carbons (Fsp3) is 0.714. The molecule has 100 valence electrons. The topological polar surface area (TPSA) is 55.0 Å². The summed E-state index contributed by atoms with van der Waals surface area (Å²) in [4.78, 5) is 11.5. The molecule has 18 heavy (non-hydrogen) atoms. The number of rotatable bonds is 2. The summed E-state index contributed by atoms with van der Waals surface area (Å²) in [6.45, 7) is 11.8. The van der Waals surface area contributed by atoms with Gasteiger partial charge in [-0.2, -0.15) is 0 Å². The normalized spacial score (nSPS) is 24.0. The van der Waals surface area contributed by atoms with Crippen LogP contribution in [0.5, 0.6) is 0 Å². The lowest BCUT2D eigenvalue weighted by molar-refractivity contribution is 0.625. The Kier molecular flexibility index (Phi) is 3.46. The van der Waals surface area contributed by atoms with Crippen LogP contribution in [0.15, 0.2) is 0 Å². The first-order valence-corrected chi connectivity index (χ1v) is 6.80. The van der Waals surface area contributed by atoms with Crippen molar-refractivity contribution < 1.29 is 0 Å². The molecule has 1 aromatic heterocycles. The highest BCUT2D eigenvalue weighted by Crippen LogP contribution is 2.32. The largest absolute Gasteiger partial charge is 0.383 e. The van der Waals surface area contributed by atoms with Gasteiger partial charge in [0.2, 0.25) is 0 Å². The van der Waals surface area contributed by atoms with Gasteiger partial charge in [-0.15, -0.1) is 0 Å². The molecule has 0 aromatic carbocycles. The highest BCUT2D eigenvalue weighted by molar-refractivity contribution is 5.57. The van der Waals surface area contributed by atoms with Gasteiger partial charge in [0, 0.05) is 24.1 Å². The SMILES string of the molecule is Cc1c(N)nc(C(C)C)nc1N1CC(C)CC1C. The van der Waals surface area contributed by atoms with E-state index < -0.39 is 0 Å². The number of hydrogen-bond acceptors (Lipinski definition) is 4. The van der Waals surface area contributed by atoms with Crippen LogP contribution >= 0.6 is 0 Å². The van der Waals surface area contributed by atoms with Crippen molar-refractivity contribution in [3.63, 3.8) is 0 Å². The van der Waals surface area contributed by atoms with Gasteiger partial charge >= 0.3 is 0 Å². The molecular formula is C14H24N4. The first-order valence-electron chi connectivity index (χ1n) is 6.80. The Hall–Kier alpha value is -1.32. The van der Waals surface area contributed by atoms with E-state index in [1.54, 1.807) is 0 Å². The Balaban J connectivity index is 2.43. The second-order valence-electron chi connectivity index (χ2n) is 5.91. The summed E-state index contributed by atoms with van der Waals surface area (Å²) in [7, 11) is 0. The zero-order valence-electron chi connectivity index (χ0n) is 12.1. The summed E-state index contributed by atoms with van der Waals surface area (Å²) >= 11 is 0. The van der Waals surface area contributed by atoms with Crippen LogP contribution in [-0.2, 0) is 0 Å². The summed E-state index contributed by atoms with van der Waals surface area (Å²) in [5.41, 5.74) is 7.04. The van der Waals surface area contributed by atoms with Crippen LogP contribution in [0.25, 0.3) is 0 Å². The number of nitrogens with two attached hydrogens (primary N) is 1. The summed E-state index contributed by atoms with van der Waals surface area (Å²) in [6.07, 6.45) is 1.22. The van der Waals surface area contributed by atoms with E-state index >= 15 is 0 Å². The van der Waals surface area contributed by atoms with Gasteiger partial charge in [0.05, 0.1) is 0 Å². The van der Waals surface area contributed by atoms with Crippen LogP contribution in [0, 0.1) is 12.8 Å². The maximum absolute atomic E-state index is 6.03. The van der Waals surface area contributed by atoms with Crippen LogP contribution in [0.1, 0.15) is 51.4 Å². The molecule has 0 bridgehead atoms. The lowest BCUT2D eigenvalue weighted by Gasteiger charge is -2.25. The quantitative estimate of drug-likeness (QED) is 0.874. The summed E-state index contributed by atoms with van der Waals surface area (Å²) in [5, 5.41) is 0. The Morgan fingerprint density at radius 3 is 2.44 bits per heavy atom. The van der Waals surface area contributed by atoms with Gasteiger partial charge in [-0.3, -0.25) is 0 Å². The molecule has 1 fully saturated rings. The van der Waals surface area contributed by atoms with Gasteiger partial charge in [-0.1, -0.05) is 20.8 Å². The van der Waals surface area contributed by atoms with E-state index in [-0.39, 0.29) is 0 Å². The Labute approximate surface area is 110 Å². The predicted molar refractivity (Wildman–Crippen MR) is 75.9 cm³/mol. The second kappa shape index (κ2) is 4.75. The van der Waals surface area contributed by atoms with Gasteiger partial charge in [-0.25, -0.2) is 9.97 Å². The Morgan fingerprint density at radius 2 is 1.94 bits per heavy atom. The van der Waals surface area contributed by atoms with Crippen LogP contribution < -0.4 is 10.6 Å². The molecule has 2 rings (SSSR count). The van der Waals surface area contributed by atoms with Crippen molar-refractivity contribution in [3.05, 3.63) is 11.4 Å². The van der Waals surface area contributed by atoms with E-state index in [2.05, 4.69) is 37.6 Å². The fourth-order valence-electron chi connectivity index (χ4n) is 2.67. The zero-order valence-corrected chi connectivity index (χ0v) is 12.1. The molecule has 0 saturated carbocycles. The first kappa shape index (κ1) is 13.1. The van der Waals surface area contributed by atoms with E-state index in [0.29, 0.717) is 17.8 Å². The predicted octanol–water partition coefficient (Wildman–Crippen LogP) is 2.73. The molecule has 4 nitrogen and oxygen atoms in total. The van der Waals surface area contributed by atoms with E-state index in [9.17, 15) is 0 Å². The molecule has 2 unspecified atom stereocenters. The lowest BCUT2D eigenvalue weighted by atomic mass is 10.1. The summed E-state index contributed by atoms with van der Waals surface area (Å²) in [5.74, 6) is 3.53. The molecule has 1 aliphatic heterocycles. The maximum Gasteiger partial charge on any atom is 0.137 e. The van der Waals surface area contributed by atoms with Crippen molar-refractivity contribution in [1.29, 1.82) is 0 Å². The third-order valence-corrected chi connectivity index (χ3v) is 3.75. The van der Waals surface area contributed by atoms with E-state index in [1.165, 1.54) is 6.42 Å². The van der Waals surface area contributed by atoms with Gasteiger partial charge in [0.15, 0.2) is 0 Å². The number of hydrogen-bond donors (Lipinski definition) is 1. The summed E-state index contributed by atoms with van der Waals surface area (Å²) < 4.78 is 0. The Bertz CT molecular complexity index is 442. The average Bonchev–Trinajstić information content (AvgIpc) is 2.61. The van der Waals surface area contributed by atoms with Crippen LogP contribution in [0.3, 0.4) is 0 Å². The highest BCUT2D eigenvalue weighted by Gasteiger charge is 2.29. The highest BCUT2D eigenvalue weighted by atomic mass is 15.2. The number of nitrogen functional groups attached to an aromatic ring is 1. The molecule has 0 aliphatic carbocycles. The number of anilines is 2. The molecule has 2 heterocycles. The van der Waals surface area contributed by atoms with Crippen molar-refractivity contribution in [2.45, 2.75) is 53.0 Å². The van der Waals surface area contributed by atoms with Crippen molar-refractivity contribution in [1.82, 2.24) is 9.97 Å². The molecule has 2 atom stereocenters. The van der Waals surface area contributed by atoms with Crippen molar-refractivity contribution in [2.24, 2.45) is 5.92 Å². The van der Waals surface area contributed by atoms with Gasteiger partial charge in [-0.05, 0) is 26.2 Å². The molecule has 1 aromatic rings. The average molecular weight is 248 g/mol. The third-order valence-electron chi connectivity index (χ3n) is 3.75. The van der Waals surface area contributed by atoms with Crippen LogP contribution in [0.4, 0.5) is 11.6 Å². The molecule has 2 N–H and O–H groups in total. The smallest absolute Gasteiger partial charge is 0.137 e. The zero-order chi connectivity index (χ0) is 13.4. The monoisotopic (exact) mass is 248 g/mol. The third kappa shape index (κ3) is 2.28. The van der Waals surface area contributed by atoms with Crippen LogP contribution in [-0.4, -0.2) is 22.6 Å². The fourth-order valence-corrected chi connectivity index (χ4v) is 2.67. The number of aromatic nitrogens is 2. The van der Waals surface area contributed by atoms with Gasteiger partial charge in [0.1, 0.15) is 17.5 Å². The minimum atomic E-state index is 0.307. The lowest BCUT2D eigenvalue weighted by Crippen LogP contribution is -2.29. The van der Waals surface area contributed by atoms with Crippen LogP contribution in [0.2, 0.25) is 0 Å². The molecule has 0 amide bonds. The standard InChI is InChI=1S/C14H24N4/c1-8(2)13-16-12(15)11(5)14(17-13)18-7-9(3)6-10(18)4/h8-10H,6-7H2,1-5H3,(H2,15,16,17). The first-order chi connectivity index (χ1) is 8.40. The number of nitrogens with zero attached hydrogens (tertiary/aromatic N) is 3. The van der Waals surface area contributed by atoms with Gasteiger partial charge in [0.25, 0.3) is 0 Å². The van der Waals surface area contributed by atoms with Crippen molar-refractivity contribution >= 4 is 11.6 Å². The van der Waals surface area contributed by atoms with Crippen molar-refractivity contribution in [2.75, 3.05) is 17.2 Å². The minimum Gasteiger partial charge on any atom is -0.383 e.